The zero-order valence-electron chi connectivity index (χ0n) is 13.8. The smallest absolute Gasteiger partial charge is 0.262 e. The average Bonchev–Trinajstić information content (AvgIpc) is 2.87. The second-order valence-corrected chi connectivity index (χ2v) is 6.48. The summed E-state index contributed by atoms with van der Waals surface area (Å²) < 4.78 is 11.6. The van der Waals surface area contributed by atoms with E-state index in [2.05, 4.69) is 5.32 Å². The molecule has 0 bridgehead atoms. The molecule has 1 aliphatic heterocycles. The monoisotopic (exact) mass is 327 g/mol. The molecule has 0 saturated heterocycles. The van der Waals surface area contributed by atoms with Crippen LogP contribution in [0, 0.1) is 0 Å². The molecule has 2 N–H and O–H groups in total. The summed E-state index contributed by atoms with van der Waals surface area (Å²) in [7, 11) is 0. The van der Waals surface area contributed by atoms with Gasteiger partial charge in [0.05, 0.1) is 6.61 Å². The molecule has 0 unspecified atom stereocenters. The molecule has 0 aromatic heterocycles. The Morgan fingerprint density at radius 3 is 2.88 bits per heavy atom. The minimum atomic E-state index is -0.264. The number of anilines is 1. The minimum Gasteiger partial charge on any atom is -0.483 e. The lowest BCUT2D eigenvalue weighted by Gasteiger charge is -2.18. The number of hydrogen-bond acceptors (Lipinski definition) is 4. The van der Waals surface area contributed by atoms with Crippen LogP contribution < -0.4 is 14.8 Å². The lowest BCUT2D eigenvalue weighted by atomic mass is 10.0. The Balaban J connectivity index is 1.62. The van der Waals surface area contributed by atoms with Crippen LogP contribution in [0.15, 0.2) is 42.5 Å². The summed E-state index contributed by atoms with van der Waals surface area (Å²) in [6.07, 6.45) is 0.819. The number of fused-ring (bicyclic) bond motifs is 1. The minimum absolute atomic E-state index is 0.0660. The van der Waals surface area contributed by atoms with E-state index in [4.69, 9.17) is 14.6 Å². The van der Waals surface area contributed by atoms with Crippen molar-refractivity contribution in [2.45, 2.75) is 32.5 Å². The first-order chi connectivity index (χ1) is 11.5. The Bertz CT molecular complexity index is 755. The third-order valence-electron chi connectivity index (χ3n) is 3.81. The van der Waals surface area contributed by atoms with E-state index in [-0.39, 0.29) is 24.7 Å². The number of hydrogen-bond donors (Lipinski definition) is 2. The van der Waals surface area contributed by atoms with Crippen molar-refractivity contribution in [3.63, 3.8) is 0 Å². The highest BCUT2D eigenvalue weighted by atomic mass is 16.5. The number of ether oxygens (including phenoxy) is 2. The molecule has 0 fully saturated rings. The van der Waals surface area contributed by atoms with E-state index < -0.39 is 0 Å². The number of benzene rings is 2. The molecule has 0 saturated carbocycles. The van der Waals surface area contributed by atoms with Crippen LogP contribution in [0.4, 0.5) is 5.69 Å². The van der Waals surface area contributed by atoms with Crippen molar-refractivity contribution in [3.8, 4) is 11.5 Å². The van der Waals surface area contributed by atoms with Crippen molar-refractivity contribution in [1.29, 1.82) is 0 Å². The van der Waals surface area contributed by atoms with Gasteiger partial charge in [-0.1, -0.05) is 24.3 Å². The molecular formula is C19H21NO4. The summed E-state index contributed by atoms with van der Waals surface area (Å²) in [6.45, 7) is 3.88. The van der Waals surface area contributed by atoms with Crippen molar-refractivity contribution in [1.82, 2.24) is 0 Å². The van der Waals surface area contributed by atoms with Crippen molar-refractivity contribution in [2.75, 3.05) is 11.9 Å². The van der Waals surface area contributed by atoms with Crippen LogP contribution in [0.2, 0.25) is 0 Å². The maximum absolute atomic E-state index is 12.1. The van der Waals surface area contributed by atoms with Gasteiger partial charge in [0.1, 0.15) is 5.60 Å². The van der Waals surface area contributed by atoms with E-state index in [9.17, 15) is 4.79 Å². The van der Waals surface area contributed by atoms with E-state index in [1.54, 1.807) is 30.3 Å². The third-order valence-corrected chi connectivity index (χ3v) is 3.81. The molecule has 5 nitrogen and oxygen atoms in total. The van der Waals surface area contributed by atoms with Gasteiger partial charge in [-0.25, -0.2) is 0 Å². The number of carbonyl (C=O) groups is 1. The van der Waals surface area contributed by atoms with Gasteiger partial charge in [0, 0.05) is 17.7 Å². The molecule has 1 heterocycles. The van der Waals surface area contributed by atoms with Gasteiger partial charge >= 0.3 is 0 Å². The van der Waals surface area contributed by atoms with E-state index >= 15 is 0 Å². The predicted molar refractivity (Wildman–Crippen MR) is 91.3 cm³/mol. The zero-order valence-corrected chi connectivity index (χ0v) is 13.8. The lowest BCUT2D eigenvalue weighted by Crippen LogP contribution is -2.25. The van der Waals surface area contributed by atoms with Gasteiger partial charge < -0.3 is 19.9 Å². The molecule has 0 radical (unpaired) electrons. The van der Waals surface area contributed by atoms with Crippen LogP contribution >= 0.6 is 0 Å². The fourth-order valence-electron chi connectivity index (χ4n) is 2.79. The molecule has 1 aliphatic rings. The number of aliphatic hydroxyl groups excluding tert-OH is 1. The highest BCUT2D eigenvalue weighted by molar-refractivity contribution is 5.92. The van der Waals surface area contributed by atoms with Gasteiger partial charge in [-0.15, -0.1) is 0 Å². The molecular weight excluding hydrogens is 306 g/mol. The number of nitrogens with one attached hydrogen (secondary N) is 1. The lowest BCUT2D eigenvalue weighted by molar-refractivity contribution is -0.118. The van der Waals surface area contributed by atoms with Gasteiger partial charge in [0.15, 0.2) is 18.1 Å². The maximum atomic E-state index is 12.1. The molecule has 1 amide bonds. The highest BCUT2D eigenvalue weighted by Gasteiger charge is 2.32. The summed E-state index contributed by atoms with van der Waals surface area (Å²) in [5.41, 5.74) is 2.21. The molecule has 2 aromatic carbocycles. The molecule has 3 rings (SSSR count). The van der Waals surface area contributed by atoms with Crippen LogP contribution in [0.3, 0.4) is 0 Å². The number of para-hydroxylation sites is 1. The summed E-state index contributed by atoms with van der Waals surface area (Å²) in [5.74, 6) is 1.04. The van der Waals surface area contributed by atoms with Crippen LogP contribution in [0.1, 0.15) is 25.0 Å². The fourth-order valence-corrected chi connectivity index (χ4v) is 2.79. The largest absolute Gasteiger partial charge is 0.483 e. The van der Waals surface area contributed by atoms with Crippen molar-refractivity contribution in [3.05, 3.63) is 53.6 Å². The van der Waals surface area contributed by atoms with Crippen LogP contribution in [-0.4, -0.2) is 23.2 Å². The average molecular weight is 327 g/mol. The number of amides is 1. The van der Waals surface area contributed by atoms with E-state index in [0.717, 1.165) is 23.3 Å². The number of aliphatic hydroxyl groups is 1. The van der Waals surface area contributed by atoms with Gasteiger partial charge in [-0.05, 0) is 37.6 Å². The van der Waals surface area contributed by atoms with Crippen LogP contribution in [0.25, 0.3) is 0 Å². The molecule has 0 atom stereocenters. The maximum Gasteiger partial charge on any atom is 0.262 e. The molecule has 0 spiro atoms. The molecule has 5 heteroatoms. The van der Waals surface area contributed by atoms with Gasteiger partial charge in [-0.3, -0.25) is 4.79 Å². The third kappa shape index (κ3) is 3.68. The Labute approximate surface area is 141 Å². The Morgan fingerprint density at radius 1 is 1.29 bits per heavy atom. The fraction of sp³-hybridized carbons (Fsp3) is 0.316. The number of rotatable bonds is 5. The SMILES string of the molecule is CC1(C)Cc2cccc(OCC(=O)Nc3cccc(CO)c3)c2O1. The quantitative estimate of drug-likeness (QED) is 0.886. The first kappa shape index (κ1) is 16.3. The standard InChI is InChI=1S/C19H21NO4/c1-19(2)10-14-6-4-8-16(18(14)24-19)23-12-17(22)20-15-7-3-5-13(9-15)11-21/h3-9,21H,10-12H2,1-2H3,(H,20,22). The predicted octanol–water partition coefficient (Wildman–Crippen LogP) is 2.91. The second kappa shape index (κ2) is 6.53. The van der Waals surface area contributed by atoms with Gasteiger partial charge in [-0.2, -0.15) is 0 Å². The Morgan fingerprint density at radius 2 is 2.08 bits per heavy atom. The molecule has 2 aromatic rings. The Kier molecular flexibility index (Phi) is 4.44. The summed E-state index contributed by atoms with van der Waals surface area (Å²) in [5, 5.41) is 11.9. The zero-order chi connectivity index (χ0) is 17.2. The van der Waals surface area contributed by atoms with Crippen molar-refractivity contribution in [2.24, 2.45) is 0 Å². The highest BCUT2D eigenvalue weighted by Crippen LogP contribution is 2.41. The van der Waals surface area contributed by atoms with E-state index in [0.29, 0.717) is 11.4 Å². The van der Waals surface area contributed by atoms with Crippen molar-refractivity contribution < 1.29 is 19.4 Å². The summed E-state index contributed by atoms with van der Waals surface area (Å²) in [6, 6.07) is 12.8. The molecule has 0 aliphatic carbocycles. The number of carbonyl (C=O) groups excluding carboxylic acids is 1. The Hall–Kier alpha value is -2.53. The summed E-state index contributed by atoms with van der Waals surface area (Å²) in [4.78, 5) is 12.1. The van der Waals surface area contributed by atoms with Crippen LogP contribution in [0.5, 0.6) is 11.5 Å². The van der Waals surface area contributed by atoms with Gasteiger partial charge in [0.25, 0.3) is 5.91 Å². The van der Waals surface area contributed by atoms with Crippen LogP contribution in [-0.2, 0) is 17.8 Å². The molecule has 126 valence electrons. The molecule has 24 heavy (non-hydrogen) atoms. The second-order valence-electron chi connectivity index (χ2n) is 6.48. The van der Waals surface area contributed by atoms with E-state index in [1.165, 1.54) is 0 Å². The normalized spacial score (nSPS) is 14.6. The van der Waals surface area contributed by atoms with E-state index in [1.807, 2.05) is 26.0 Å². The summed E-state index contributed by atoms with van der Waals surface area (Å²) >= 11 is 0. The first-order valence-corrected chi connectivity index (χ1v) is 7.90. The van der Waals surface area contributed by atoms with Crippen molar-refractivity contribution >= 4 is 11.6 Å². The first-order valence-electron chi connectivity index (χ1n) is 7.90. The topological polar surface area (TPSA) is 67.8 Å². The van der Waals surface area contributed by atoms with Gasteiger partial charge in [0.2, 0.25) is 0 Å².